The Bertz CT molecular complexity index is 205. The molecule has 0 aliphatic carbocycles. The van der Waals surface area contributed by atoms with Gasteiger partial charge in [0.1, 0.15) is 0 Å². The van der Waals surface area contributed by atoms with Crippen molar-refractivity contribution in [2.75, 3.05) is 24.7 Å². The average Bonchev–Trinajstić information content (AvgIpc) is 2.57. The Labute approximate surface area is 96.3 Å². The van der Waals surface area contributed by atoms with Crippen LogP contribution in [-0.4, -0.2) is 42.6 Å². The van der Waals surface area contributed by atoms with Gasteiger partial charge >= 0.3 is 0 Å². The van der Waals surface area contributed by atoms with Crippen LogP contribution in [0.2, 0.25) is 0 Å². The number of thioether (sulfide) groups is 1. The first kappa shape index (κ1) is 11.7. The van der Waals surface area contributed by atoms with Gasteiger partial charge in [-0.25, -0.2) is 0 Å². The van der Waals surface area contributed by atoms with Crippen molar-refractivity contribution < 1.29 is 9.47 Å². The summed E-state index contributed by atoms with van der Waals surface area (Å²) in [6, 6.07) is 0.693. The molecule has 0 aromatic heterocycles. The number of nitrogens with one attached hydrogen (secondary N) is 1. The second-order valence-corrected chi connectivity index (χ2v) is 5.97. The summed E-state index contributed by atoms with van der Waals surface area (Å²) in [5.74, 6) is 2.21. The van der Waals surface area contributed by atoms with Crippen molar-refractivity contribution >= 4 is 11.8 Å². The van der Waals surface area contributed by atoms with Crippen LogP contribution in [-0.2, 0) is 9.47 Å². The first-order valence-electron chi connectivity index (χ1n) is 5.79. The maximum atomic E-state index is 5.75. The third kappa shape index (κ3) is 3.63. The minimum atomic E-state index is -0.380. The molecule has 0 bridgehead atoms. The van der Waals surface area contributed by atoms with Crippen molar-refractivity contribution in [1.82, 2.24) is 5.32 Å². The van der Waals surface area contributed by atoms with E-state index in [1.165, 1.54) is 24.3 Å². The van der Waals surface area contributed by atoms with E-state index in [4.69, 9.17) is 9.47 Å². The summed E-state index contributed by atoms with van der Waals surface area (Å²) in [5, 5.41) is 3.58. The lowest BCUT2D eigenvalue weighted by molar-refractivity contribution is -0.137. The molecule has 4 heteroatoms. The fourth-order valence-electron chi connectivity index (χ4n) is 2.06. The SMILES string of the molecule is CC1(C)OCC(CNC2CCSCC2)O1. The number of rotatable bonds is 3. The molecule has 2 aliphatic rings. The van der Waals surface area contributed by atoms with Crippen LogP contribution >= 0.6 is 11.8 Å². The van der Waals surface area contributed by atoms with Gasteiger partial charge in [-0.15, -0.1) is 0 Å². The molecule has 0 aromatic rings. The highest BCUT2D eigenvalue weighted by atomic mass is 32.2. The number of ether oxygens (including phenoxy) is 2. The molecule has 2 rings (SSSR count). The summed E-state index contributed by atoms with van der Waals surface area (Å²) in [4.78, 5) is 0. The van der Waals surface area contributed by atoms with Crippen LogP contribution in [0.1, 0.15) is 26.7 Å². The molecule has 1 atom stereocenters. The van der Waals surface area contributed by atoms with E-state index in [9.17, 15) is 0 Å². The summed E-state index contributed by atoms with van der Waals surface area (Å²) in [7, 11) is 0. The maximum Gasteiger partial charge on any atom is 0.163 e. The average molecular weight is 231 g/mol. The highest BCUT2D eigenvalue weighted by Crippen LogP contribution is 2.22. The minimum Gasteiger partial charge on any atom is -0.348 e. The zero-order valence-corrected chi connectivity index (χ0v) is 10.4. The molecule has 0 saturated carbocycles. The smallest absolute Gasteiger partial charge is 0.163 e. The molecule has 88 valence electrons. The van der Waals surface area contributed by atoms with Gasteiger partial charge in [-0.2, -0.15) is 11.8 Å². The van der Waals surface area contributed by atoms with E-state index in [2.05, 4.69) is 17.1 Å². The van der Waals surface area contributed by atoms with Gasteiger partial charge in [0.05, 0.1) is 12.7 Å². The third-order valence-corrected chi connectivity index (χ3v) is 3.97. The van der Waals surface area contributed by atoms with Crippen molar-refractivity contribution in [2.24, 2.45) is 0 Å². The quantitative estimate of drug-likeness (QED) is 0.799. The zero-order valence-electron chi connectivity index (χ0n) is 9.62. The van der Waals surface area contributed by atoms with Crippen LogP contribution in [0, 0.1) is 0 Å². The van der Waals surface area contributed by atoms with Crippen molar-refractivity contribution in [1.29, 1.82) is 0 Å². The maximum absolute atomic E-state index is 5.75. The minimum absolute atomic E-state index is 0.231. The van der Waals surface area contributed by atoms with E-state index in [0.29, 0.717) is 6.04 Å². The lowest BCUT2D eigenvalue weighted by Crippen LogP contribution is -2.39. The molecule has 1 unspecified atom stereocenters. The van der Waals surface area contributed by atoms with Crippen molar-refractivity contribution in [3.63, 3.8) is 0 Å². The van der Waals surface area contributed by atoms with Gasteiger partial charge in [0.2, 0.25) is 0 Å². The molecule has 2 saturated heterocycles. The predicted octanol–water partition coefficient (Wildman–Crippen LogP) is 1.62. The molecule has 0 amide bonds. The topological polar surface area (TPSA) is 30.5 Å². The Morgan fingerprint density at radius 2 is 2.07 bits per heavy atom. The first-order valence-corrected chi connectivity index (χ1v) is 6.94. The van der Waals surface area contributed by atoms with E-state index in [0.717, 1.165) is 13.2 Å². The fraction of sp³-hybridized carbons (Fsp3) is 1.00. The van der Waals surface area contributed by atoms with Gasteiger partial charge in [0.25, 0.3) is 0 Å². The van der Waals surface area contributed by atoms with E-state index in [1.54, 1.807) is 0 Å². The number of hydrogen-bond donors (Lipinski definition) is 1. The second kappa shape index (κ2) is 5.04. The molecule has 2 aliphatic heterocycles. The third-order valence-electron chi connectivity index (χ3n) is 2.92. The second-order valence-electron chi connectivity index (χ2n) is 4.75. The zero-order chi connectivity index (χ0) is 10.7. The number of hydrogen-bond acceptors (Lipinski definition) is 4. The largest absolute Gasteiger partial charge is 0.348 e. The molecule has 2 fully saturated rings. The molecule has 0 aromatic carbocycles. The Balaban J connectivity index is 1.65. The Morgan fingerprint density at radius 1 is 1.33 bits per heavy atom. The van der Waals surface area contributed by atoms with Crippen LogP contribution in [0.5, 0.6) is 0 Å². The van der Waals surface area contributed by atoms with Crippen LogP contribution in [0.25, 0.3) is 0 Å². The monoisotopic (exact) mass is 231 g/mol. The van der Waals surface area contributed by atoms with Gasteiger partial charge < -0.3 is 14.8 Å². The van der Waals surface area contributed by atoms with Crippen molar-refractivity contribution in [2.45, 2.75) is 44.6 Å². The van der Waals surface area contributed by atoms with Crippen LogP contribution in [0.4, 0.5) is 0 Å². The summed E-state index contributed by atoms with van der Waals surface area (Å²) in [5.41, 5.74) is 0. The first-order chi connectivity index (χ1) is 7.16. The van der Waals surface area contributed by atoms with Gasteiger partial charge in [-0.05, 0) is 38.2 Å². The highest BCUT2D eigenvalue weighted by molar-refractivity contribution is 7.99. The lowest BCUT2D eigenvalue weighted by Gasteiger charge is -2.24. The van der Waals surface area contributed by atoms with Gasteiger partial charge in [0, 0.05) is 12.6 Å². The molecular weight excluding hydrogens is 210 g/mol. The van der Waals surface area contributed by atoms with Crippen molar-refractivity contribution in [3.8, 4) is 0 Å². The van der Waals surface area contributed by atoms with E-state index < -0.39 is 0 Å². The molecule has 0 spiro atoms. The van der Waals surface area contributed by atoms with E-state index in [-0.39, 0.29) is 11.9 Å². The summed E-state index contributed by atoms with van der Waals surface area (Å²) >= 11 is 2.06. The standard InChI is InChI=1S/C11H21NO2S/c1-11(2)13-8-10(14-11)7-12-9-3-5-15-6-4-9/h9-10,12H,3-8H2,1-2H3. The predicted molar refractivity (Wildman–Crippen MR) is 63.3 cm³/mol. The molecule has 1 N–H and O–H groups in total. The molecule has 0 radical (unpaired) electrons. The van der Waals surface area contributed by atoms with Gasteiger partial charge in [0.15, 0.2) is 5.79 Å². The summed E-state index contributed by atoms with van der Waals surface area (Å²) in [6.45, 7) is 5.61. The van der Waals surface area contributed by atoms with Crippen LogP contribution in [0.3, 0.4) is 0 Å². The van der Waals surface area contributed by atoms with E-state index >= 15 is 0 Å². The van der Waals surface area contributed by atoms with Gasteiger partial charge in [-0.1, -0.05) is 0 Å². The van der Waals surface area contributed by atoms with Crippen LogP contribution < -0.4 is 5.32 Å². The van der Waals surface area contributed by atoms with Gasteiger partial charge in [-0.3, -0.25) is 0 Å². The Kier molecular flexibility index (Phi) is 3.93. The fourth-order valence-corrected chi connectivity index (χ4v) is 3.17. The molecule has 3 nitrogen and oxygen atoms in total. The summed E-state index contributed by atoms with van der Waals surface area (Å²) in [6.07, 6.45) is 2.82. The molecule has 2 heterocycles. The normalized spacial score (nSPS) is 32.0. The lowest BCUT2D eigenvalue weighted by atomic mass is 10.1. The van der Waals surface area contributed by atoms with Crippen LogP contribution in [0.15, 0.2) is 0 Å². The van der Waals surface area contributed by atoms with Crippen molar-refractivity contribution in [3.05, 3.63) is 0 Å². The Morgan fingerprint density at radius 3 is 2.67 bits per heavy atom. The highest BCUT2D eigenvalue weighted by Gasteiger charge is 2.32. The van der Waals surface area contributed by atoms with E-state index in [1.807, 2.05) is 13.8 Å². The Hall–Kier alpha value is 0.230. The summed E-state index contributed by atoms with van der Waals surface area (Å²) < 4.78 is 11.3. The molecular formula is C11H21NO2S. The molecule has 15 heavy (non-hydrogen) atoms.